The molecule has 2 aliphatic heterocycles. The summed E-state index contributed by atoms with van der Waals surface area (Å²) in [4.78, 5) is 4.95. The van der Waals surface area contributed by atoms with E-state index in [2.05, 4.69) is 27.5 Å². The first-order valence-corrected chi connectivity index (χ1v) is 7.17. The van der Waals surface area contributed by atoms with E-state index < -0.39 is 0 Å². The van der Waals surface area contributed by atoms with E-state index in [0.717, 1.165) is 25.7 Å². The van der Waals surface area contributed by atoms with Crippen LogP contribution in [-0.2, 0) is 0 Å². The molecule has 0 aromatic rings. The number of piperidine rings is 1. The minimum Gasteiger partial charge on any atom is -0.314 e. The lowest BCUT2D eigenvalue weighted by Crippen LogP contribution is -2.47. The van der Waals surface area contributed by atoms with Gasteiger partial charge >= 0.3 is 0 Å². The van der Waals surface area contributed by atoms with E-state index in [1.54, 1.807) is 0 Å². The van der Waals surface area contributed by atoms with Gasteiger partial charge in [-0.15, -0.1) is 0 Å². The van der Waals surface area contributed by atoms with E-state index in [9.17, 15) is 0 Å². The predicted octanol–water partition coefficient (Wildman–Crippen LogP) is 0.171. The molecular formula is C13H28N4. The Kier molecular flexibility index (Phi) is 5.71. The van der Waals surface area contributed by atoms with Crippen molar-refractivity contribution in [2.45, 2.75) is 19.3 Å². The van der Waals surface area contributed by atoms with E-state index in [0.29, 0.717) is 0 Å². The molecule has 0 radical (unpaired) electrons. The van der Waals surface area contributed by atoms with Crippen LogP contribution in [0.1, 0.15) is 19.3 Å². The third kappa shape index (κ3) is 4.92. The Morgan fingerprint density at radius 1 is 1.12 bits per heavy atom. The highest BCUT2D eigenvalue weighted by molar-refractivity contribution is 4.71. The van der Waals surface area contributed by atoms with Crippen molar-refractivity contribution in [1.82, 2.24) is 20.4 Å². The molecule has 0 saturated carbocycles. The Hall–Kier alpha value is -0.160. The topological polar surface area (TPSA) is 30.5 Å². The van der Waals surface area contributed by atoms with Gasteiger partial charge in [0.05, 0.1) is 0 Å². The Balaban J connectivity index is 1.48. The molecule has 0 spiro atoms. The highest BCUT2D eigenvalue weighted by Gasteiger charge is 2.16. The van der Waals surface area contributed by atoms with Gasteiger partial charge in [0, 0.05) is 32.8 Å². The molecule has 0 aromatic carbocycles. The van der Waals surface area contributed by atoms with E-state index in [1.807, 2.05) is 0 Å². The molecule has 2 fully saturated rings. The van der Waals surface area contributed by atoms with Gasteiger partial charge in [-0.25, -0.2) is 0 Å². The zero-order chi connectivity index (χ0) is 11.9. The molecule has 0 aliphatic carbocycles. The van der Waals surface area contributed by atoms with Crippen LogP contribution < -0.4 is 10.6 Å². The highest BCUT2D eigenvalue weighted by Crippen LogP contribution is 2.18. The van der Waals surface area contributed by atoms with Crippen molar-refractivity contribution in [2.24, 2.45) is 5.92 Å². The Morgan fingerprint density at radius 2 is 1.82 bits per heavy atom. The van der Waals surface area contributed by atoms with Crippen LogP contribution in [0.4, 0.5) is 0 Å². The van der Waals surface area contributed by atoms with Crippen LogP contribution in [-0.4, -0.2) is 69.3 Å². The van der Waals surface area contributed by atoms with Crippen molar-refractivity contribution in [3.05, 3.63) is 0 Å². The second-order valence-corrected chi connectivity index (χ2v) is 5.56. The number of hydrogen-bond acceptors (Lipinski definition) is 4. The first kappa shape index (κ1) is 13.3. The van der Waals surface area contributed by atoms with Crippen molar-refractivity contribution < 1.29 is 0 Å². The van der Waals surface area contributed by atoms with Gasteiger partial charge < -0.3 is 15.5 Å². The number of likely N-dealkylation sites (tertiary alicyclic amines) is 1. The van der Waals surface area contributed by atoms with Gasteiger partial charge in [0.25, 0.3) is 0 Å². The molecule has 4 heteroatoms. The van der Waals surface area contributed by atoms with Crippen molar-refractivity contribution >= 4 is 0 Å². The van der Waals surface area contributed by atoms with Crippen LogP contribution in [0.15, 0.2) is 0 Å². The van der Waals surface area contributed by atoms with Crippen molar-refractivity contribution in [1.29, 1.82) is 0 Å². The first-order valence-electron chi connectivity index (χ1n) is 7.17. The molecule has 100 valence electrons. The van der Waals surface area contributed by atoms with E-state index in [1.165, 1.54) is 52.0 Å². The summed E-state index contributed by atoms with van der Waals surface area (Å²) in [7, 11) is 2.23. The number of piperazine rings is 1. The molecule has 2 rings (SSSR count). The fourth-order valence-electron chi connectivity index (χ4n) is 2.76. The molecule has 0 unspecified atom stereocenters. The Bertz CT molecular complexity index is 196. The molecule has 2 N–H and O–H groups in total. The van der Waals surface area contributed by atoms with E-state index in [4.69, 9.17) is 0 Å². The summed E-state index contributed by atoms with van der Waals surface area (Å²) in [6.45, 7) is 9.55. The van der Waals surface area contributed by atoms with Crippen LogP contribution in [0.25, 0.3) is 0 Å². The predicted molar refractivity (Wildman–Crippen MR) is 72.2 cm³/mol. The molecule has 0 aromatic heterocycles. The largest absolute Gasteiger partial charge is 0.314 e. The monoisotopic (exact) mass is 240 g/mol. The minimum absolute atomic E-state index is 0.960. The average molecular weight is 240 g/mol. The summed E-state index contributed by atoms with van der Waals surface area (Å²) >= 11 is 0. The molecule has 4 nitrogen and oxygen atoms in total. The fourth-order valence-corrected chi connectivity index (χ4v) is 2.76. The first-order chi connectivity index (χ1) is 8.34. The quantitative estimate of drug-likeness (QED) is 0.671. The minimum atomic E-state index is 0.960. The SMILES string of the molecule is CN1CCC(CCNCN2CCNCC2)CC1. The number of hydrogen-bond donors (Lipinski definition) is 2. The summed E-state index contributed by atoms with van der Waals surface area (Å²) in [6, 6.07) is 0. The molecule has 0 bridgehead atoms. The highest BCUT2D eigenvalue weighted by atomic mass is 15.2. The van der Waals surface area contributed by atoms with Gasteiger partial charge in [0.15, 0.2) is 0 Å². The standard InChI is InChI=1S/C13H28N4/c1-16-8-3-13(4-9-16)2-5-15-12-17-10-6-14-7-11-17/h13-15H,2-12H2,1H3. The van der Waals surface area contributed by atoms with Crippen molar-refractivity contribution in [3.8, 4) is 0 Å². The molecule has 2 heterocycles. The van der Waals surface area contributed by atoms with E-state index >= 15 is 0 Å². The second kappa shape index (κ2) is 7.31. The second-order valence-electron chi connectivity index (χ2n) is 5.56. The van der Waals surface area contributed by atoms with Crippen molar-refractivity contribution in [2.75, 3.05) is 59.5 Å². The summed E-state index contributed by atoms with van der Waals surface area (Å²) in [6.07, 6.45) is 4.15. The lowest BCUT2D eigenvalue weighted by atomic mass is 9.94. The van der Waals surface area contributed by atoms with Gasteiger partial charge in [-0.05, 0) is 51.9 Å². The Morgan fingerprint density at radius 3 is 2.53 bits per heavy atom. The number of nitrogens with zero attached hydrogens (tertiary/aromatic N) is 2. The maximum atomic E-state index is 3.60. The van der Waals surface area contributed by atoms with Crippen LogP contribution >= 0.6 is 0 Å². The fraction of sp³-hybridized carbons (Fsp3) is 1.00. The zero-order valence-corrected chi connectivity index (χ0v) is 11.2. The van der Waals surface area contributed by atoms with Crippen molar-refractivity contribution in [3.63, 3.8) is 0 Å². The summed E-state index contributed by atoms with van der Waals surface area (Å²) in [5.41, 5.74) is 0. The van der Waals surface area contributed by atoms with Gasteiger partial charge in [0.2, 0.25) is 0 Å². The summed E-state index contributed by atoms with van der Waals surface area (Å²) < 4.78 is 0. The number of nitrogens with one attached hydrogen (secondary N) is 2. The van der Waals surface area contributed by atoms with Gasteiger partial charge in [-0.1, -0.05) is 0 Å². The van der Waals surface area contributed by atoms with E-state index in [-0.39, 0.29) is 0 Å². The molecule has 2 saturated heterocycles. The van der Waals surface area contributed by atoms with Gasteiger partial charge in [0.1, 0.15) is 0 Å². The lowest BCUT2D eigenvalue weighted by Gasteiger charge is -2.30. The molecule has 0 atom stereocenters. The lowest BCUT2D eigenvalue weighted by molar-refractivity contribution is 0.199. The van der Waals surface area contributed by atoms with Gasteiger partial charge in [-0.2, -0.15) is 0 Å². The maximum Gasteiger partial charge on any atom is 0.0481 e. The van der Waals surface area contributed by atoms with Crippen LogP contribution in [0, 0.1) is 5.92 Å². The van der Waals surface area contributed by atoms with Crippen LogP contribution in [0.3, 0.4) is 0 Å². The number of rotatable bonds is 5. The third-order valence-electron chi connectivity index (χ3n) is 4.11. The third-order valence-corrected chi connectivity index (χ3v) is 4.11. The normalized spacial score (nSPS) is 25.2. The molecule has 0 amide bonds. The maximum absolute atomic E-state index is 3.60. The summed E-state index contributed by atoms with van der Waals surface area (Å²) in [5, 5.41) is 6.99. The zero-order valence-electron chi connectivity index (χ0n) is 11.2. The van der Waals surface area contributed by atoms with Crippen LogP contribution in [0.2, 0.25) is 0 Å². The average Bonchev–Trinajstić information content (AvgIpc) is 2.38. The van der Waals surface area contributed by atoms with Gasteiger partial charge in [-0.3, -0.25) is 4.90 Å². The molecule has 17 heavy (non-hydrogen) atoms. The van der Waals surface area contributed by atoms with Crippen LogP contribution in [0.5, 0.6) is 0 Å². The summed E-state index contributed by atoms with van der Waals surface area (Å²) in [5.74, 6) is 0.960. The molecule has 2 aliphatic rings. The smallest absolute Gasteiger partial charge is 0.0481 e. The Labute approximate surface area is 106 Å². The molecular weight excluding hydrogens is 212 g/mol.